The van der Waals surface area contributed by atoms with Crippen molar-refractivity contribution >= 4 is 22.4 Å². The number of carbonyl (C=O) groups is 1. The number of amides is 1. The van der Waals surface area contributed by atoms with E-state index in [2.05, 4.69) is 5.32 Å². The zero-order valence-corrected chi connectivity index (χ0v) is 17.4. The van der Waals surface area contributed by atoms with Crippen molar-refractivity contribution < 1.29 is 19.0 Å². The lowest BCUT2D eigenvalue weighted by Gasteiger charge is -2.14. The van der Waals surface area contributed by atoms with E-state index in [0.29, 0.717) is 17.0 Å². The Morgan fingerprint density at radius 2 is 1.58 bits per heavy atom. The van der Waals surface area contributed by atoms with E-state index in [1.165, 1.54) is 0 Å². The molecule has 156 valence electrons. The van der Waals surface area contributed by atoms with Gasteiger partial charge in [0.2, 0.25) is 0 Å². The molecule has 1 amide bonds. The van der Waals surface area contributed by atoms with E-state index in [1.54, 1.807) is 56.7 Å². The minimum atomic E-state index is -0.209. The van der Waals surface area contributed by atoms with Gasteiger partial charge in [0, 0.05) is 22.2 Å². The molecule has 0 aliphatic carbocycles. The maximum Gasteiger partial charge on any atom is 0.255 e. The summed E-state index contributed by atoms with van der Waals surface area (Å²) in [6, 6.07) is 26.5. The summed E-state index contributed by atoms with van der Waals surface area (Å²) in [4.78, 5) is 12.7. The van der Waals surface area contributed by atoms with E-state index in [0.717, 1.165) is 27.8 Å². The number of fused-ring (bicyclic) bond motifs is 1. The van der Waals surface area contributed by atoms with Crippen LogP contribution in [0.3, 0.4) is 0 Å². The fraction of sp³-hybridized carbons (Fsp3) is 0.115. The second-order valence-corrected chi connectivity index (χ2v) is 6.98. The average molecular weight is 413 g/mol. The lowest BCUT2D eigenvalue weighted by Crippen LogP contribution is -2.12. The molecule has 0 aromatic heterocycles. The Labute approximate surface area is 181 Å². The second kappa shape index (κ2) is 9.22. The number of hydrogen-bond acceptors (Lipinski definition) is 4. The third-order valence-corrected chi connectivity index (χ3v) is 5.02. The van der Waals surface area contributed by atoms with E-state index in [4.69, 9.17) is 14.2 Å². The molecule has 4 aromatic carbocycles. The summed E-state index contributed by atoms with van der Waals surface area (Å²) in [6.07, 6.45) is 0. The van der Waals surface area contributed by atoms with Gasteiger partial charge in [0.25, 0.3) is 5.91 Å². The molecule has 0 saturated heterocycles. The highest BCUT2D eigenvalue weighted by atomic mass is 16.5. The van der Waals surface area contributed by atoms with Crippen molar-refractivity contribution in [3.05, 3.63) is 96.1 Å². The maximum absolute atomic E-state index is 12.7. The number of ether oxygens (including phenoxy) is 3. The normalized spacial score (nSPS) is 10.5. The summed E-state index contributed by atoms with van der Waals surface area (Å²) in [5.74, 6) is 1.98. The van der Waals surface area contributed by atoms with Gasteiger partial charge in [-0.15, -0.1) is 0 Å². The molecule has 0 unspecified atom stereocenters. The van der Waals surface area contributed by atoms with Crippen LogP contribution in [0.25, 0.3) is 10.8 Å². The van der Waals surface area contributed by atoms with E-state index in [9.17, 15) is 4.79 Å². The molecular weight excluding hydrogens is 390 g/mol. The van der Waals surface area contributed by atoms with Crippen molar-refractivity contribution in [1.82, 2.24) is 0 Å². The fourth-order valence-electron chi connectivity index (χ4n) is 3.39. The standard InChI is InChI=1S/C26H23NO4/c1-29-22-13-11-21(12-14-22)27-26(28)19-10-15-24(30-2)20(16-19)17-31-25-9-5-7-18-6-3-4-8-23(18)25/h3-16H,17H2,1-2H3,(H,27,28). The molecule has 0 radical (unpaired) electrons. The van der Waals surface area contributed by atoms with Crippen LogP contribution in [0.15, 0.2) is 84.9 Å². The molecule has 0 aliphatic rings. The molecule has 0 bridgehead atoms. The Hall–Kier alpha value is -3.99. The first-order chi connectivity index (χ1) is 15.2. The number of hydrogen-bond donors (Lipinski definition) is 1. The van der Waals surface area contributed by atoms with Gasteiger partial charge in [-0.05, 0) is 53.9 Å². The predicted octanol–water partition coefficient (Wildman–Crippen LogP) is 5.69. The summed E-state index contributed by atoms with van der Waals surface area (Å²) >= 11 is 0. The first-order valence-electron chi connectivity index (χ1n) is 9.91. The van der Waals surface area contributed by atoms with Crippen LogP contribution in [0.2, 0.25) is 0 Å². The lowest BCUT2D eigenvalue weighted by molar-refractivity contribution is 0.102. The lowest BCUT2D eigenvalue weighted by atomic mass is 10.1. The molecular formula is C26H23NO4. The molecule has 5 nitrogen and oxygen atoms in total. The minimum Gasteiger partial charge on any atom is -0.497 e. The molecule has 0 heterocycles. The number of anilines is 1. The zero-order chi connectivity index (χ0) is 21.6. The van der Waals surface area contributed by atoms with Crippen LogP contribution < -0.4 is 19.5 Å². The smallest absolute Gasteiger partial charge is 0.255 e. The highest BCUT2D eigenvalue weighted by Gasteiger charge is 2.12. The van der Waals surface area contributed by atoms with Crippen LogP contribution in [0.1, 0.15) is 15.9 Å². The Balaban J connectivity index is 1.53. The largest absolute Gasteiger partial charge is 0.497 e. The molecule has 0 saturated carbocycles. The maximum atomic E-state index is 12.7. The number of methoxy groups -OCH3 is 2. The summed E-state index contributed by atoms with van der Waals surface area (Å²) in [5, 5.41) is 5.05. The summed E-state index contributed by atoms with van der Waals surface area (Å²) in [5.41, 5.74) is 2.00. The predicted molar refractivity (Wildman–Crippen MR) is 122 cm³/mol. The minimum absolute atomic E-state index is 0.209. The van der Waals surface area contributed by atoms with Gasteiger partial charge in [0.05, 0.1) is 14.2 Å². The Morgan fingerprint density at radius 1 is 0.806 bits per heavy atom. The van der Waals surface area contributed by atoms with Gasteiger partial charge >= 0.3 is 0 Å². The van der Waals surface area contributed by atoms with Crippen LogP contribution in [0, 0.1) is 0 Å². The first kappa shape index (κ1) is 20.3. The van der Waals surface area contributed by atoms with Crippen molar-refractivity contribution in [2.45, 2.75) is 6.61 Å². The quantitative estimate of drug-likeness (QED) is 0.423. The van der Waals surface area contributed by atoms with E-state index < -0.39 is 0 Å². The van der Waals surface area contributed by atoms with Crippen LogP contribution in [-0.2, 0) is 6.61 Å². The van der Waals surface area contributed by atoms with Crippen molar-refractivity contribution in [1.29, 1.82) is 0 Å². The van der Waals surface area contributed by atoms with E-state index >= 15 is 0 Å². The fourth-order valence-corrected chi connectivity index (χ4v) is 3.39. The van der Waals surface area contributed by atoms with Crippen molar-refractivity contribution in [2.24, 2.45) is 0 Å². The van der Waals surface area contributed by atoms with Crippen molar-refractivity contribution in [2.75, 3.05) is 19.5 Å². The van der Waals surface area contributed by atoms with E-state index in [1.807, 2.05) is 42.5 Å². The Kier molecular flexibility index (Phi) is 6.03. The first-order valence-corrected chi connectivity index (χ1v) is 9.91. The van der Waals surface area contributed by atoms with E-state index in [-0.39, 0.29) is 12.5 Å². The molecule has 0 aliphatic heterocycles. The van der Waals surface area contributed by atoms with Crippen molar-refractivity contribution in [3.8, 4) is 17.2 Å². The Bertz CT molecular complexity index is 1200. The van der Waals surface area contributed by atoms with Gasteiger partial charge < -0.3 is 19.5 Å². The molecule has 1 N–H and O–H groups in total. The van der Waals surface area contributed by atoms with Gasteiger partial charge in [-0.3, -0.25) is 4.79 Å². The topological polar surface area (TPSA) is 56.8 Å². The molecule has 31 heavy (non-hydrogen) atoms. The number of nitrogens with one attached hydrogen (secondary N) is 1. The summed E-state index contributed by atoms with van der Waals surface area (Å²) in [6.45, 7) is 0.279. The third kappa shape index (κ3) is 4.61. The third-order valence-electron chi connectivity index (χ3n) is 5.02. The van der Waals surface area contributed by atoms with Crippen molar-refractivity contribution in [3.63, 3.8) is 0 Å². The van der Waals surface area contributed by atoms with Gasteiger partial charge in [-0.2, -0.15) is 0 Å². The number of carbonyl (C=O) groups excluding carboxylic acids is 1. The van der Waals surface area contributed by atoms with Gasteiger partial charge in [0.1, 0.15) is 23.9 Å². The van der Waals surface area contributed by atoms with Gasteiger partial charge in [-0.25, -0.2) is 0 Å². The molecule has 0 spiro atoms. The molecule has 4 rings (SSSR count). The number of benzene rings is 4. The average Bonchev–Trinajstić information content (AvgIpc) is 2.83. The highest BCUT2D eigenvalue weighted by Crippen LogP contribution is 2.28. The van der Waals surface area contributed by atoms with Gasteiger partial charge in [-0.1, -0.05) is 36.4 Å². The molecule has 4 aromatic rings. The highest BCUT2D eigenvalue weighted by molar-refractivity contribution is 6.04. The van der Waals surface area contributed by atoms with Crippen LogP contribution in [0.5, 0.6) is 17.2 Å². The summed E-state index contributed by atoms with van der Waals surface area (Å²) < 4.78 is 16.7. The molecule has 0 atom stereocenters. The van der Waals surface area contributed by atoms with Crippen LogP contribution >= 0.6 is 0 Å². The SMILES string of the molecule is COc1ccc(NC(=O)c2ccc(OC)c(COc3cccc4ccccc34)c2)cc1. The Morgan fingerprint density at radius 3 is 2.35 bits per heavy atom. The molecule has 5 heteroatoms. The zero-order valence-electron chi connectivity index (χ0n) is 17.4. The summed E-state index contributed by atoms with van der Waals surface area (Å²) in [7, 11) is 3.21. The molecule has 0 fully saturated rings. The monoisotopic (exact) mass is 413 g/mol. The van der Waals surface area contributed by atoms with Crippen LogP contribution in [0.4, 0.5) is 5.69 Å². The number of rotatable bonds is 7. The van der Waals surface area contributed by atoms with Gasteiger partial charge in [0.15, 0.2) is 0 Å². The van der Waals surface area contributed by atoms with Crippen LogP contribution in [-0.4, -0.2) is 20.1 Å². The second-order valence-electron chi connectivity index (χ2n) is 6.98.